The standard InChI is InChI=1S/C17H23N3O2/c1-12(13-7-3-4-8-14(13)21-2)11-15-19-16(20-22-15)17(18)9-5-6-10-17/h3-4,7-8,12H,5-6,9-11,18H2,1-2H3. The zero-order valence-electron chi connectivity index (χ0n) is 13.2. The summed E-state index contributed by atoms with van der Waals surface area (Å²) in [7, 11) is 1.69. The van der Waals surface area contributed by atoms with Gasteiger partial charge >= 0.3 is 0 Å². The van der Waals surface area contributed by atoms with Gasteiger partial charge in [0.05, 0.1) is 12.6 Å². The lowest BCUT2D eigenvalue weighted by atomic mass is 9.96. The monoisotopic (exact) mass is 301 g/mol. The van der Waals surface area contributed by atoms with Crippen LogP contribution in [-0.2, 0) is 12.0 Å². The summed E-state index contributed by atoms with van der Waals surface area (Å²) in [6.45, 7) is 2.13. The van der Waals surface area contributed by atoms with E-state index in [0.29, 0.717) is 18.1 Å². The van der Waals surface area contributed by atoms with E-state index in [1.807, 2.05) is 18.2 Å². The second kappa shape index (κ2) is 6.08. The molecule has 1 aromatic carbocycles. The summed E-state index contributed by atoms with van der Waals surface area (Å²) in [6.07, 6.45) is 4.83. The van der Waals surface area contributed by atoms with E-state index < -0.39 is 5.54 Å². The van der Waals surface area contributed by atoms with Crippen LogP contribution in [0.4, 0.5) is 0 Å². The normalized spacial score (nSPS) is 18.3. The highest BCUT2D eigenvalue weighted by molar-refractivity contribution is 5.36. The van der Waals surface area contributed by atoms with E-state index in [1.165, 1.54) is 0 Å². The van der Waals surface area contributed by atoms with Crippen molar-refractivity contribution in [2.75, 3.05) is 7.11 Å². The third kappa shape index (κ3) is 2.86. The van der Waals surface area contributed by atoms with Crippen LogP contribution in [0.2, 0.25) is 0 Å². The van der Waals surface area contributed by atoms with Crippen LogP contribution in [0.1, 0.15) is 55.8 Å². The number of hydrogen-bond acceptors (Lipinski definition) is 5. The van der Waals surface area contributed by atoms with Crippen molar-refractivity contribution in [2.45, 2.75) is 50.5 Å². The van der Waals surface area contributed by atoms with Gasteiger partial charge in [-0.3, -0.25) is 0 Å². The summed E-state index contributed by atoms with van der Waals surface area (Å²) in [5.74, 6) is 2.43. The third-order valence-corrected chi connectivity index (χ3v) is 4.56. The maximum absolute atomic E-state index is 6.38. The van der Waals surface area contributed by atoms with Crippen molar-refractivity contribution < 1.29 is 9.26 Å². The van der Waals surface area contributed by atoms with Crippen molar-refractivity contribution in [3.8, 4) is 5.75 Å². The number of rotatable bonds is 5. The molecule has 5 nitrogen and oxygen atoms in total. The SMILES string of the molecule is COc1ccccc1C(C)Cc1nc(C2(N)CCCC2)no1. The smallest absolute Gasteiger partial charge is 0.227 e. The quantitative estimate of drug-likeness (QED) is 0.918. The van der Waals surface area contributed by atoms with Crippen molar-refractivity contribution in [1.29, 1.82) is 0 Å². The minimum atomic E-state index is -0.393. The van der Waals surface area contributed by atoms with E-state index in [2.05, 4.69) is 23.1 Å². The Kier molecular flexibility index (Phi) is 4.16. The Morgan fingerprint density at radius 2 is 2.05 bits per heavy atom. The van der Waals surface area contributed by atoms with Crippen LogP contribution in [0.15, 0.2) is 28.8 Å². The Morgan fingerprint density at radius 3 is 2.77 bits per heavy atom. The molecule has 1 aliphatic carbocycles. The first kappa shape index (κ1) is 15.0. The lowest BCUT2D eigenvalue weighted by Crippen LogP contribution is -2.34. The molecule has 1 aromatic heterocycles. The zero-order valence-corrected chi connectivity index (χ0v) is 13.2. The summed E-state index contributed by atoms with van der Waals surface area (Å²) in [4.78, 5) is 4.54. The minimum Gasteiger partial charge on any atom is -0.496 e. The van der Waals surface area contributed by atoms with E-state index in [0.717, 1.165) is 37.0 Å². The molecule has 1 unspecified atom stereocenters. The van der Waals surface area contributed by atoms with Gasteiger partial charge in [-0.15, -0.1) is 0 Å². The Morgan fingerprint density at radius 1 is 1.32 bits per heavy atom. The van der Waals surface area contributed by atoms with Gasteiger partial charge in [0.25, 0.3) is 0 Å². The first-order valence-electron chi connectivity index (χ1n) is 7.87. The number of nitrogens with two attached hydrogens (primary N) is 1. The van der Waals surface area contributed by atoms with E-state index in [9.17, 15) is 0 Å². The van der Waals surface area contributed by atoms with Gasteiger partial charge in [0.2, 0.25) is 5.89 Å². The highest BCUT2D eigenvalue weighted by Crippen LogP contribution is 2.35. The second-order valence-corrected chi connectivity index (χ2v) is 6.22. The number of benzene rings is 1. The zero-order chi connectivity index (χ0) is 15.6. The summed E-state index contributed by atoms with van der Waals surface area (Å²) < 4.78 is 10.8. The number of hydrogen-bond donors (Lipinski definition) is 1. The fraction of sp³-hybridized carbons (Fsp3) is 0.529. The number of nitrogens with zero attached hydrogens (tertiary/aromatic N) is 2. The van der Waals surface area contributed by atoms with Crippen molar-refractivity contribution in [3.05, 3.63) is 41.5 Å². The van der Waals surface area contributed by atoms with E-state index in [-0.39, 0.29) is 5.92 Å². The molecule has 1 atom stereocenters. The molecule has 3 rings (SSSR count). The van der Waals surface area contributed by atoms with E-state index >= 15 is 0 Å². The van der Waals surface area contributed by atoms with Gasteiger partial charge in [-0.1, -0.05) is 43.1 Å². The lowest BCUT2D eigenvalue weighted by Gasteiger charge is -2.17. The largest absolute Gasteiger partial charge is 0.496 e. The number of ether oxygens (including phenoxy) is 1. The Labute approximate surface area is 130 Å². The highest BCUT2D eigenvalue weighted by Gasteiger charge is 2.36. The third-order valence-electron chi connectivity index (χ3n) is 4.56. The highest BCUT2D eigenvalue weighted by atomic mass is 16.5. The molecule has 0 saturated heterocycles. The molecule has 1 fully saturated rings. The number of aromatic nitrogens is 2. The molecule has 22 heavy (non-hydrogen) atoms. The topological polar surface area (TPSA) is 74.2 Å². The van der Waals surface area contributed by atoms with Gasteiger partial charge in [0, 0.05) is 6.42 Å². The predicted molar refractivity (Wildman–Crippen MR) is 83.7 cm³/mol. The molecule has 0 aliphatic heterocycles. The molecule has 2 aromatic rings. The molecular formula is C17H23N3O2. The van der Waals surface area contributed by atoms with Crippen LogP contribution in [0.5, 0.6) is 5.75 Å². The van der Waals surface area contributed by atoms with Crippen LogP contribution < -0.4 is 10.5 Å². The fourth-order valence-electron chi connectivity index (χ4n) is 3.21. The average Bonchev–Trinajstić information content (AvgIpc) is 3.17. The Bertz CT molecular complexity index is 632. The van der Waals surface area contributed by atoms with Gasteiger partial charge in [-0.05, 0) is 30.4 Å². The van der Waals surface area contributed by atoms with Gasteiger partial charge in [-0.2, -0.15) is 4.98 Å². The van der Waals surface area contributed by atoms with Crippen LogP contribution in [0, 0.1) is 0 Å². The molecular weight excluding hydrogens is 278 g/mol. The molecule has 1 saturated carbocycles. The maximum Gasteiger partial charge on any atom is 0.227 e. The molecule has 0 amide bonds. The summed E-state index contributed by atoms with van der Waals surface area (Å²) in [5.41, 5.74) is 7.13. The van der Waals surface area contributed by atoms with Crippen molar-refractivity contribution in [3.63, 3.8) is 0 Å². The maximum atomic E-state index is 6.38. The molecule has 0 spiro atoms. The van der Waals surface area contributed by atoms with Crippen molar-refractivity contribution in [2.24, 2.45) is 5.73 Å². The van der Waals surface area contributed by atoms with Crippen molar-refractivity contribution in [1.82, 2.24) is 10.1 Å². The molecule has 5 heteroatoms. The summed E-state index contributed by atoms with van der Waals surface area (Å²) >= 11 is 0. The predicted octanol–water partition coefficient (Wildman–Crippen LogP) is 3.15. The lowest BCUT2D eigenvalue weighted by molar-refractivity contribution is 0.343. The van der Waals surface area contributed by atoms with Crippen LogP contribution in [0.25, 0.3) is 0 Å². The molecule has 1 heterocycles. The summed E-state index contributed by atoms with van der Waals surface area (Å²) in [6, 6.07) is 8.03. The van der Waals surface area contributed by atoms with E-state index in [1.54, 1.807) is 7.11 Å². The number of para-hydroxylation sites is 1. The van der Waals surface area contributed by atoms with Crippen molar-refractivity contribution >= 4 is 0 Å². The second-order valence-electron chi connectivity index (χ2n) is 6.22. The minimum absolute atomic E-state index is 0.238. The van der Waals surface area contributed by atoms with Gasteiger partial charge in [0.15, 0.2) is 5.82 Å². The van der Waals surface area contributed by atoms with Gasteiger partial charge in [-0.25, -0.2) is 0 Å². The molecule has 2 N–H and O–H groups in total. The van der Waals surface area contributed by atoms with Gasteiger partial charge in [0.1, 0.15) is 5.75 Å². The van der Waals surface area contributed by atoms with E-state index in [4.69, 9.17) is 15.0 Å². The Hall–Kier alpha value is -1.88. The molecule has 0 radical (unpaired) electrons. The average molecular weight is 301 g/mol. The molecule has 1 aliphatic rings. The first-order valence-corrected chi connectivity index (χ1v) is 7.87. The number of methoxy groups -OCH3 is 1. The molecule has 118 valence electrons. The summed E-state index contributed by atoms with van der Waals surface area (Å²) in [5, 5.41) is 4.12. The fourth-order valence-corrected chi connectivity index (χ4v) is 3.21. The molecule has 0 bridgehead atoms. The first-order chi connectivity index (χ1) is 10.6. The van der Waals surface area contributed by atoms with Gasteiger partial charge < -0.3 is 15.0 Å². The van der Waals surface area contributed by atoms with Crippen LogP contribution in [0.3, 0.4) is 0 Å². The van der Waals surface area contributed by atoms with Crippen LogP contribution in [-0.4, -0.2) is 17.3 Å². The van der Waals surface area contributed by atoms with Crippen LogP contribution >= 0.6 is 0 Å². The Balaban J connectivity index is 1.75.